The van der Waals surface area contributed by atoms with Gasteiger partial charge in [-0.3, -0.25) is 0 Å². The van der Waals surface area contributed by atoms with Crippen molar-refractivity contribution in [1.29, 1.82) is 0 Å². The molecule has 1 heteroatoms. The molecule has 0 rings (SSSR count). The Morgan fingerprint density at radius 1 is 1.33 bits per heavy atom. The third-order valence-corrected chi connectivity index (χ3v) is 1.06. The van der Waals surface area contributed by atoms with E-state index in [0.717, 1.165) is 11.1 Å². The van der Waals surface area contributed by atoms with E-state index >= 15 is 0 Å². The Kier molecular flexibility index (Phi) is 9.43. The zero-order valence-electron chi connectivity index (χ0n) is 6.28. The van der Waals surface area contributed by atoms with Crippen molar-refractivity contribution in [3.05, 3.63) is 43.4 Å². The Morgan fingerprint density at radius 3 is 1.89 bits per heavy atom. The van der Waals surface area contributed by atoms with Gasteiger partial charge in [-0.25, -0.2) is 0 Å². The van der Waals surface area contributed by atoms with Crippen molar-refractivity contribution in [2.75, 3.05) is 0 Å². The first kappa shape index (κ1) is 12.4. The summed E-state index contributed by atoms with van der Waals surface area (Å²) >= 11 is 0. The summed E-state index contributed by atoms with van der Waals surface area (Å²) in [6.45, 7) is 12.8. The molecule has 0 aliphatic carbocycles. The molecule has 0 spiro atoms. The molecule has 0 saturated heterocycles. The molecule has 0 amide bonds. The third kappa shape index (κ3) is 5.18. The van der Waals surface area contributed by atoms with E-state index in [1.165, 1.54) is 0 Å². The van der Waals surface area contributed by atoms with Crippen LogP contribution in [0.4, 0.5) is 0 Å². The minimum absolute atomic E-state index is 0. The monoisotopic (exact) mass is 146 g/mol. The van der Waals surface area contributed by atoms with Gasteiger partial charge in [-0.2, -0.15) is 30.7 Å². The van der Waals surface area contributed by atoms with Crippen LogP contribution >= 0.6 is 0 Å². The van der Waals surface area contributed by atoms with Crippen LogP contribution < -0.4 is 51.4 Å². The van der Waals surface area contributed by atoms with Gasteiger partial charge in [-0.1, -0.05) is 6.92 Å². The van der Waals surface area contributed by atoms with Crippen LogP contribution in [0, 0.1) is 6.92 Å². The van der Waals surface area contributed by atoms with E-state index in [2.05, 4.69) is 20.1 Å². The zero-order valence-corrected chi connectivity index (χ0v) is 9.40. The Bertz CT molecular complexity index is 116. The second-order valence-electron chi connectivity index (χ2n) is 1.62. The molecular weight excluding hydrogens is 135 g/mol. The Labute approximate surface area is 100 Å². The molecule has 0 bridgehead atoms. The van der Waals surface area contributed by atoms with E-state index in [4.69, 9.17) is 0 Å². The van der Waals surface area contributed by atoms with Crippen LogP contribution in [0.15, 0.2) is 36.5 Å². The van der Waals surface area contributed by atoms with Crippen molar-refractivity contribution < 1.29 is 51.4 Å². The smallest absolute Gasteiger partial charge is 0.198 e. The second-order valence-corrected chi connectivity index (χ2v) is 1.62. The first-order valence-electron chi connectivity index (χ1n) is 2.50. The summed E-state index contributed by atoms with van der Waals surface area (Å²) in [6.07, 6.45) is 3.49. The van der Waals surface area contributed by atoms with Gasteiger partial charge in [0.15, 0.2) is 0 Å². The molecule has 0 N–H and O–H groups in total. The SMILES string of the molecule is C=C/C([CH2-])=C(/C)C=C.[K+]. The third-order valence-electron chi connectivity index (χ3n) is 1.06. The van der Waals surface area contributed by atoms with Gasteiger partial charge in [0.05, 0.1) is 0 Å². The van der Waals surface area contributed by atoms with Crippen LogP contribution in [0.25, 0.3) is 0 Å². The van der Waals surface area contributed by atoms with Gasteiger partial charge in [0.1, 0.15) is 0 Å². The quantitative estimate of drug-likeness (QED) is 0.280. The van der Waals surface area contributed by atoms with E-state index in [9.17, 15) is 0 Å². The maximum Gasteiger partial charge on any atom is 1.00 e. The molecule has 0 unspecified atom stereocenters. The summed E-state index contributed by atoms with van der Waals surface area (Å²) in [4.78, 5) is 0. The van der Waals surface area contributed by atoms with Crippen molar-refractivity contribution in [1.82, 2.24) is 0 Å². The standard InChI is InChI=1S/C8H11.K/c1-5-7(3)8(4)6-2;/h5-6H,1-3H2,4H3;/q-1;+1/b8-7-;. The summed E-state index contributed by atoms with van der Waals surface area (Å²) in [7, 11) is 0. The number of allylic oxidation sites excluding steroid dienone is 4. The zero-order chi connectivity index (χ0) is 6.57. The van der Waals surface area contributed by atoms with Gasteiger partial charge in [-0.15, -0.1) is 12.7 Å². The fraction of sp³-hybridized carbons (Fsp3) is 0.125. The van der Waals surface area contributed by atoms with Crippen LogP contribution in [-0.2, 0) is 0 Å². The molecule has 0 aliphatic heterocycles. The van der Waals surface area contributed by atoms with Crippen LogP contribution in [0.2, 0.25) is 0 Å². The largest absolute Gasteiger partial charge is 1.00 e. The van der Waals surface area contributed by atoms with Crippen LogP contribution in [0.1, 0.15) is 6.92 Å². The maximum absolute atomic E-state index is 3.72. The van der Waals surface area contributed by atoms with E-state index in [1.807, 2.05) is 6.92 Å². The van der Waals surface area contributed by atoms with Crippen LogP contribution in [0.5, 0.6) is 0 Å². The molecule has 0 radical (unpaired) electrons. The minimum atomic E-state index is 0. The molecule has 44 valence electrons. The Morgan fingerprint density at radius 2 is 1.78 bits per heavy atom. The molecule has 0 nitrogen and oxygen atoms in total. The molecule has 0 saturated carbocycles. The topological polar surface area (TPSA) is 0 Å². The van der Waals surface area contributed by atoms with E-state index in [-0.39, 0.29) is 51.4 Å². The molecule has 0 atom stereocenters. The van der Waals surface area contributed by atoms with Gasteiger partial charge in [-0.05, 0) is 0 Å². The average Bonchev–Trinajstić information content (AvgIpc) is 1.84. The summed E-state index contributed by atoms with van der Waals surface area (Å²) in [5.41, 5.74) is 2.03. The fourth-order valence-corrected chi connectivity index (χ4v) is 0.292. The molecule has 0 heterocycles. The van der Waals surface area contributed by atoms with Gasteiger partial charge >= 0.3 is 51.4 Å². The van der Waals surface area contributed by atoms with Crippen molar-refractivity contribution in [2.24, 2.45) is 0 Å². The first-order chi connectivity index (χ1) is 3.72. The second kappa shape index (κ2) is 6.84. The van der Waals surface area contributed by atoms with Crippen molar-refractivity contribution in [3.63, 3.8) is 0 Å². The normalized spacial score (nSPS) is 10.8. The van der Waals surface area contributed by atoms with Gasteiger partial charge in [0, 0.05) is 0 Å². The van der Waals surface area contributed by atoms with E-state index in [1.54, 1.807) is 12.2 Å². The number of hydrogen-bond acceptors (Lipinski definition) is 0. The number of hydrogen-bond donors (Lipinski definition) is 0. The molecule has 9 heavy (non-hydrogen) atoms. The fourth-order valence-electron chi connectivity index (χ4n) is 0.292. The Hall–Kier alpha value is 0.726. The Balaban J connectivity index is 0. The van der Waals surface area contributed by atoms with Crippen LogP contribution in [0.3, 0.4) is 0 Å². The maximum atomic E-state index is 3.72. The van der Waals surface area contributed by atoms with Gasteiger partial charge in [0.25, 0.3) is 0 Å². The summed E-state index contributed by atoms with van der Waals surface area (Å²) in [5, 5.41) is 0. The van der Waals surface area contributed by atoms with Crippen molar-refractivity contribution >= 4 is 0 Å². The summed E-state index contributed by atoms with van der Waals surface area (Å²) < 4.78 is 0. The molecule has 0 aromatic rings. The average molecular weight is 146 g/mol. The molecule has 0 aromatic carbocycles. The molecule has 0 aliphatic rings. The predicted molar refractivity (Wildman–Crippen MR) is 38.5 cm³/mol. The van der Waals surface area contributed by atoms with Gasteiger partial charge < -0.3 is 0 Å². The number of rotatable bonds is 2. The summed E-state index contributed by atoms with van der Waals surface area (Å²) in [5.74, 6) is 0. The predicted octanol–water partition coefficient (Wildman–Crippen LogP) is -0.487. The minimum Gasteiger partial charge on any atom is -0.198 e. The van der Waals surface area contributed by atoms with Crippen molar-refractivity contribution in [2.45, 2.75) is 6.92 Å². The summed E-state index contributed by atoms with van der Waals surface area (Å²) in [6, 6.07) is 0. The van der Waals surface area contributed by atoms with Gasteiger partial charge in [0.2, 0.25) is 0 Å². The van der Waals surface area contributed by atoms with Crippen LogP contribution in [-0.4, -0.2) is 0 Å². The molecule has 0 fully saturated rings. The van der Waals surface area contributed by atoms with E-state index < -0.39 is 0 Å². The molecular formula is C8H11K. The van der Waals surface area contributed by atoms with Crippen molar-refractivity contribution in [3.8, 4) is 0 Å². The first-order valence-corrected chi connectivity index (χ1v) is 2.50. The molecule has 0 aromatic heterocycles. The van der Waals surface area contributed by atoms with E-state index in [0.29, 0.717) is 0 Å².